The highest BCUT2D eigenvalue weighted by Gasteiger charge is 2.21. The van der Waals surface area contributed by atoms with Gasteiger partial charge in [-0.3, -0.25) is 0 Å². The van der Waals surface area contributed by atoms with Crippen molar-refractivity contribution in [2.45, 2.75) is 56.2 Å². The molecule has 1 aromatic heterocycles. The molecule has 0 bridgehead atoms. The van der Waals surface area contributed by atoms with E-state index in [0.717, 1.165) is 43.4 Å². The van der Waals surface area contributed by atoms with Crippen molar-refractivity contribution in [2.75, 3.05) is 0 Å². The normalized spacial score (nSPS) is 13.3. The molecule has 1 rings (SSSR count). The van der Waals surface area contributed by atoms with Crippen molar-refractivity contribution in [3.05, 3.63) is 17.0 Å². The van der Waals surface area contributed by atoms with Crippen LogP contribution in [0.15, 0.2) is 16.3 Å². The predicted octanol–water partition coefficient (Wildman–Crippen LogP) is 3.02. The Balaban J connectivity index is 2.82. The maximum atomic E-state index is 12.3. The highest BCUT2D eigenvalue weighted by Crippen LogP contribution is 2.22. The topological polar surface area (TPSA) is 72.2 Å². The molecule has 0 aliphatic rings. The van der Waals surface area contributed by atoms with Gasteiger partial charge in [0.25, 0.3) is 0 Å². The molecule has 0 fully saturated rings. The molecule has 3 N–H and O–H groups in total. The number of thiophene rings is 1. The summed E-state index contributed by atoms with van der Waals surface area (Å²) in [4.78, 5) is 0.855. The van der Waals surface area contributed by atoms with Crippen molar-refractivity contribution in [3.8, 4) is 0 Å². The first-order valence-electron chi connectivity index (χ1n) is 6.82. The molecule has 0 saturated heterocycles. The Morgan fingerprint density at radius 2 is 2.05 bits per heavy atom. The first kappa shape index (κ1) is 17.6. The minimum absolute atomic E-state index is 0.000304. The summed E-state index contributed by atoms with van der Waals surface area (Å²) < 4.78 is 27.7. The van der Waals surface area contributed by atoms with Crippen LogP contribution >= 0.6 is 23.6 Å². The maximum absolute atomic E-state index is 12.3. The summed E-state index contributed by atoms with van der Waals surface area (Å²) in [6.45, 7) is 4.16. The van der Waals surface area contributed by atoms with Crippen molar-refractivity contribution in [2.24, 2.45) is 5.73 Å². The van der Waals surface area contributed by atoms with Gasteiger partial charge in [0.1, 0.15) is 9.20 Å². The van der Waals surface area contributed by atoms with Gasteiger partial charge >= 0.3 is 0 Å². The molecule has 20 heavy (non-hydrogen) atoms. The van der Waals surface area contributed by atoms with Crippen LogP contribution < -0.4 is 10.5 Å². The van der Waals surface area contributed by atoms with E-state index < -0.39 is 10.0 Å². The third-order valence-electron chi connectivity index (χ3n) is 2.95. The average Bonchev–Trinajstić information content (AvgIpc) is 2.86. The highest BCUT2D eigenvalue weighted by atomic mass is 32.2. The van der Waals surface area contributed by atoms with Gasteiger partial charge in [0.05, 0.1) is 4.88 Å². The second-order valence-corrected chi connectivity index (χ2v) is 8.20. The third kappa shape index (κ3) is 5.12. The van der Waals surface area contributed by atoms with Crippen LogP contribution in [0.25, 0.3) is 0 Å². The predicted molar refractivity (Wildman–Crippen MR) is 88.7 cm³/mol. The fourth-order valence-corrected chi connectivity index (χ4v) is 4.61. The molecular formula is C13H22N2O2S3. The largest absolute Gasteiger partial charge is 0.389 e. The number of rotatable bonds is 9. The molecular weight excluding hydrogens is 312 g/mol. The molecule has 1 atom stereocenters. The Bertz CT molecular complexity index is 538. The summed E-state index contributed by atoms with van der Waals surface area (Å²) in [6, 6.07) is 3.22. The lowest BCUT2D eigenvalue weighted by atomic mass is 10.1. The molecule has 4 nitrogen and oxygen atoms in total. The number of hydrogen-bond acceptors (Lipinski definition) is 4. The van der Waals surface area contributed by atoms with Crippen LogP contribution in [0.4, 0.5) is 0 Å². The zero-order valence-corrected chi connectivity index (χ0v) is 14.3. The molecule has 0 saturated carbocycles. The van der Waals surface area contributed by atoms with E-state index in [0.29, 0.717) is 4.88 Å². The zero-order valence-electron chi connectivity index (χ0n) is 11.9. The van der Waals surface area contributed by atoms with Crippen LogP contribution in [0, 0.1) is 0 Å². The van der Waals surface area contributed by atoms with Crippen LogP contribution in [-0.4, -0.2) is 19.4 Å². The minimum atomic E-state index is -3.47. The fraction of sp³-hybridized carbons (Fsp3) is 0.615. The molecule has 0 aromatic carbocycles. The Kier molecular flexibility index (Phi) is 7.08. The Morgan fingerprint density at radius 1 is 1.35 bits per heavy atom. The second kappa shape index (κ2) is 8.07. The lowest BCUT2D eigenvalue weighted by Gasteiger charge is -2.17. The summed E-state index contributed by atoms with van der Waals surface area (Å²) in [7, 11) is -3.47. The molecule has 1 heterocycles. The summed E-state index contributed by atoms with van der Waals surface area (Å²) in [5, 5.41) is 0. The Morgan fingerprint density at radius 3 is 2.55 bits per heavy atom. The van der Waals surface area contributed by atoms with Crippen LogP contribution in [0.2, 0.25) is 0 Å². The van der Waals surface area contributed by atoms with Gasteiger partial charge in [0.15, 0.2) is 0 Å². The number of nitrogens with two attached hydrogens (primary N) is 1. The highest BCUT2D eigenvalue weighted by molar-refractivity contribution is 7.91. The molecule has 0 aliphatic heterocycles. The van der Waals surface area contributed by atoms with E-state index in [1.807, 2.05) is 0 Å². The molecule has 114 valence electrons. The van der Waals surface area contributed by atoms with Gasteiger partial charge in [-0.2, -0.15) is 0 Å². The lowest BCUT2D eigenvalue weighted by molar-refractivity contribution is 0.484. The van der Waals surface area contributed by atoms with Crippen molar-refractivity contribution in [3.63, 3.8) is 0 Å². The van der Waals surface area contributed by atoms with Crippen LogP contribution in [0.3, 0.4) is 0 Å². The summed E-state index contributed by atoms with van der Waals surface area (Å²) >= 11 is 5.97. The molecule has 0 amide bonds. The van der Waals surface area contributed by atoms with Gasteiger partial charge in [0.2, 0.25) is 10.0 Å². The van der Waals surface area contributed by atoms with E-state index in [4.69, 9.17) is 18.0 Å². The Hall–Kier alpha value is -0.500. The number of nitrogens with one attached hydrogen (secondary N) is 1. The molecule has 0 spiro atoms. The van der Waals surface area contributed by atoms with Gasteiger partial charge in [-0.05, 0) is 25.0 Å². The summed E-state index contributed by atoms with van der Waals surface area (Å²) in [6.07, 6.45) is 4.77. The zero-order chi connectivity index (χ0) is 15.2. The molecule has 1 unspecified atom stereocenters. The average molecular weight is 335 g/mol. The SMILES string of the molecule is CCCCC(CCC)NS(=O)(=O)c1ccc(C(N)=S)s1. The summed E-state index contributed by atoms with van der Waals surface area (Å²) in [5.74, 6) is 0. The first-order chi connectivity index (χ1) is 9.40. The number of hydrogen-bond donors (Lipinski definition) is 2. The number of thiocarbonyl (C=S) groups is 1. The van der Waals surface area contributed by atoms with E-state index in [1.54, 1.807) is 12.1 Å². The van der Waals surface area contributed by atoms with Gasteiger partial charge < -0.3 is 5.73 Å². The smallest absolute Gasteiger partial charge is 0.250 e. The van der Waals surface area contributed by atoms with E-state index in [-0.39, 0.29) is 15.2 Å². The fourth-order valence-electron chi connectivity index (χ4n) is 1.94. The van der Waals surface area contributed by atoms with Gasteiger partial charge in [0, 0.05) is 6.04 Å². The van der Waals surface area contributed by atoms with E-state index in [1.165, 1.54) is 0 Å². The van der Waals surface area contributed by atoms with Gasteiger partial charge in [-0.15, -0.1) is 11.3 Å². The van der Waals surface area contributed by atoms with Crippen LogP contribution in [0.5, 0.6) is 0 Å². The van der Waals surface area contributed by atoms with Crippen LogP contribution in [-0.2, 0) is 10.0 Å². The lowest BCUT2D eigenvalue weighted by Crippen LogP contribution is -2.34. The van der Waals surface area contributed by atoms with E-state index in [9.17, 15) is 8.42 Å². The number of unbranched alkanes of at least 4 members (excludes halogenated alkanes) is 1. The quantitative estimate of drug-likeness (QED) is 0.681. The maximum Gasteiger partial charge on any atom is 0.250 e. The second-order valence-electron chi connectivity index (χ2n) is 4.73. The molecule has 7 heteroatoms. The number of sulfonamides is 1. The van der Waals surface area contributed by atoms with Gasteiger partial charge in [-0.25, -0.2) is 13.1 Å². The van der Waals surface area contributed by atoms with Crippen molar-refractivity contribution < 1.29 is 8.42 Å². The third-order valence-corrected chi connectivity index (χ3v) is 6.43. The van der Waals surface area contributed by atoms with Crippen molar-refractivity contribution in [1.29, 1.82) is 0 Å². The Labute approximate surface area is 130 Å². The minimum Gasteiger partial charge on any atom is -0.389 e. The monoisotopic (exact) mass is 334 g/mol. The molecule has 1 aromatic rings. The van der Waals surface area contributed by atoms with Crippen LogP contribution in [0.1, 0.15) is 50.8 Å². The molecule has 0 aliphatic carbocycles. The summed E-state index contributed by atoms with van der Waals surface area (Å²) in [5.41, 5.74) is 5.51. The van der Waals surface area contributed by atoms with E-state index in [2.05, 4.69) is 18.6 Å². The molecule has 0 radical (unpaired) electrons. The van der Waals surface area contributed by atoms with E-state index >= 15 is 0 Å². The van der Waals surface area contributed by atoms with Gasteiger partial charge in [-0.1, -0.05) is 45.3 Å². The first-order valence-corrected chi connectivity index (χ1v) is 9.53. The van der Waals surface area contributed by atoms with Crippen molar-refractivity contribution in [1.82, 2.24) is 4.72 Å². The van der Waals surface area contributed by atoms with Crippen molar-refractivity contribution >= 4 is 38.6 Å². The standard InChI is InChI=1S/C13H22N2O2S3/c1-3-5-7-10(6-4-2)15-20(16,17)12-9-8-11(19-12)13(14)18/h8-10,15H,3-7H2,1-2H3,(H2,14,18).